The SMILES string of the molecule is CCc1nn(C)cc1C(=O)c1ccn(C)n1. The zero-order valence-electron chi connectivity index (χ0n) is 9.64. The van der Waals surface area contributed by atoms with Crippen molar-refractivity contribution in [3.63, 3.8) is 0 Å². The summed E-state index contributed by atoms with van der Waals surface area (Å²) in [6.45, 7) is 1.98. The molecule has 2 rings (SSSR count). The topological polar surface area (TPSA) is 52.7 Å². The molecule has 0 saturated carbocycles. The Morgan fingerprint density at radius 1 is 1.31 bits per heavy atom. The Morgan fingerprint density at radius 2 is 2.06 bits per heavy atom. The molecule has 0 aliphatic heterocycles. The summed E-state index contributed by atoms with van der Waals surface area (Å²) in [5.41, 5.74) is 1.92. The van der Waals surface area contributed by atoms with Crippen molar-refractivity contribution >= 4 is 5.78 Å². The van der Waals surface area contributed by atoms with E-state index in [9.17, 15) is 4.79 Å². The first-order chi connectivity index (χ1) is 7.61. The van der Waals surface area contributed by atoms with Crippen LogP contribution in [0.5, 0.6) is 0 Å². The van der Waals surface area contributed by atoms with E-state index in [2.05, 4.69) is 10.2 Å². The molecule has 0 unspecified atom stereocenters. The standard InChI is InChI=1S/C11H14N4O/c1-4-9-8(7-15(3)12-9)11(16)10-5-6-14(2)13-10/h5-7H,4H2,1-3H3. The Bertz CT molecular complexity index is 524. The average Bonchev–Trinajstić information content (AvgIpc) is 2.83. The van der Waals surface area contributed by atoms with E-state index in [4.69, 9.17) is 0 Å². The number of carbonyl (C=O) groups excluding carboxylic acids is 1. The Morgan fingerprint density at radius 3 is 2.62 bits per heavy atom. The molecule has 0 atom stereocenters. The van der Waals surface area contributed by atoms with Crippen LogP contribution in [0.25, 0.3) is 0 Å². The lowest BCUT2D eigenvalue weighted by atomic mass is 10.1. The van der Waals surface area contributed by atoms with E-state index in [1.807, 2.05) is 14.0 Å². The summed E-state index contributed by atoms with van der Waals surface area (Å²) in [7, 11) is 3.61. The smallest absolute Gasteiger partial charge is 0.216 e. The van der Waals surface area contributed by atoms with Gasteiger partial charge in [0.2, 0.25) is 5.78 Å². The zero-order valence-corrected chi connectivity index (χ0v) is 9.64. The number of carbonyl (C=O) groups is 1. The van der Waals surface area contributed by atoms with E-state index >= 15 is 0 Å². The van der Waals surface area contributed by atoms with Crippen molar-refractivity contribution in [2.24, 2.45) is 14.1 Å². The van der Waals surface area contributed by atoms with Crippen molar-refractivity contribution in [3.05, 3.63) is 35.4 Å². The molecule has 0 N–H and O–H groups in total. The number of hydrogen-bond donors (Lipinski definition) is 0. The maximum absolute atomic E-state index is 12.1. The van der Waals surface area contributed by atoms with Gasteiger partial charge < -0.3 is 0 Å². The number of aryl methyl sites for hydroxylation is 3. The van der Waals surface area contributed by atoms with Crippen LogP contribution < -0.4 is 0 Å². The molecule has 0 amide bonds. The summed E-state index contributed by atoms with van der Waals surface area (Å²) in [4.78, 5) is 12.1. The Hall–Kier alpha value is -1.91. The van der Waals surface area contributed by atoms with E-state index in [0.29, 0.717) is 11.3 Å². The van der Waals surface area contributed by atoms with Gasteiger partial charge in [0.05, 0.1) is 11.3 Å². The maximum Gasteiger partial charge on any atom is 0.216 e. The molecule has 0 bridgehead atoms. The van der Waals surface area contributed by atoms with Crippen LogP contribution in [0.4, 0.5) is 0 Å². The molecule has 0 spiro atoms. The lowest BCUT2D eigenvalue weighted by Gasteiger charge is -1.95. The molecule has 0 saturated heterocycles. The molecule has 84 valence electrons. The minimum absolute atomic E-state index is 0.0643. The van der Waals surface area contributed by atoms with Gasteiger partial charge in [-0.05, 0) is 12.5 Å². The number of ketones is 1. The highest BCUT2D eigenvalue weighted by molar-refractivity contribution is 6.08. The number of nitrogens with zero attached hydrogens (tertiary/aromatic N) is 4. The van der Waals surface area contributed by atoms with Gasteiger partial charge in [0, 0.05) is 26.5 Å². The molecule has 0 fully saturated rings. The predicted molar refractivity (Wildman–Crippen MR) is 59.2 cm³/mol. The first-order valence-electron chi connectivity index (χ1n) is 5.18. The fourth-order valence-corrected chi connectivity index (χ4v) is 1.66. The highest BCUT2D eigenvalue weighted by Crippen LogP contribution is 2.12. The first-order valence-corrected chi connectivity index (χ1v) is 5.18. The monoisotopic (exact) mass is 218 g/mol. The Balaban J connectivity index is 2.40. The summed E-state index contributed by atoms with van der Waals surface area (Å²) >= 11 is 0. The van der Waals surface area contributed by atoms with Crippen molar-refractivity contribution in [2.75, 3.05) is 0 Å². The molecule has 2 heterocycles. The summed E-state index contributed by atoms with van der Waals surface area (Å²) in [5, 5.41) is 8.35. The lowest BCUT2D eigenvalue weighted by molar-refractivity contribution is 0.103. The lowest BCUT2D eigenvalue weighted by Crippen LogP contribution is -2.05. The summed E-state index contributed by atoms with van der Waals surface area (Å²) in [6, 6.07) is 1.72. The third kappa shape index (κ3) is 1.76. The van der Waals surface area contributed by atoms with E-state index in [0.717, 1.165) is 12.1 Å². The van der Waals surface area contributed by atoms with Gasteiger partial charge in [-0.3, -0.25) is 14.2 Å². The highest BCUT2D eigenvalue weighted by atomic mass is 16.1. The Labute approximate surface area is 93.7 Å². The minimum Gasteiger partial charge on any atom is -0.287 e. The molecule has 5 nitrogen and oxygen atoms in total. The van der Waals surface area contributed by atoms with Crippen LogP contribution in [0, 0.1) is 0 Å². The van der Waals surface area contributed by atoms with Crippen molar-refractivity contribution in [1.29, 1.82) is 0 Å². The molecule has 2 aromatic heterocycles. The van der Waals surface area contributed by atoms with Crippen LogP contribution in [-0.4, -0.2) is 25.3 Å². The van der Waals surface area contributed by atoms with Crippen molar-refractivity contribution in [2.45, 2.75) is 13.3 Å². The van der Waals surface area contributed by atoms with Gasteiger partial charge in [0.1, 0.15) is 5.69 Å². The molecule has 0 radical (unpaired) electrons. The van der Waals surface area contributed by atoms with Crippen LogP contribution >= 0.6 is 0 Å². The van der Waals surface area contributed by atoms with Crippen molar-refractivity contribution < 1.29 is 4.79 Å². The van der Waals surface area contributed by atoms with E-state index in [1.54, 1.807) is 34.9 Å². The van der Waals surface area contributed by atoms with Gasteiger partial charge in [-0.2, -0.15) is 10.2 Å². The van der Waals surface area contributed by atoms with Gasteiger partial charge in [-0.1, -0.05) is 6.92 Å². The van der Waals surface area contributed by atoms with Gasteiger partial charge in [-0.25, -0.2) is 0 Å². The quantitative estimate of drug-likeness (QED) is 0.721. The fraction of sp³-hybridized carbons (Fsp3) is 0.364. The second-order valence-electron chi connectivity index (χ2n) is 3.72. The maximum atomic E-state index is 12.1. The second kappa shape index (κ2) is 3.92. The Kier molecular flexibility index (Phi) is 2.60. The average molecular weight is 218 g/mol. The van der Waals surface area contributed by atoms with Gasteiger partial charge in [-0.15, -0.1) is 0 Å². The third-order valence-electron chi connectivity index (χ3n) is 2.43. The molecular weight excluding hydrogens is 204 g/mol. The van der Waals surface area contributed by atoms with Crippen molar-refractivity contribution in [3.8, 4) is 0 Å². The van der Waals surface area contributed by atoms with E-state index in [-0.39, 0.29) is 5.78 Å². The molecule has 0 aliphatic rings. The fourth-order valence-electron chi connectivity index (χ4n) is 1.66. The summed E-state index contributed by atoms with van der Waals surface area (Å²) < 4.78 is 3.28. The normalized spacial score (nSPS) is 10.7. The number of hydrogen-bond acceptors (Lipinski definition) is 3. The van der Waals surface area contributed by atoms with Gasteiger partial charge in [0.15, 0.2) is 0 Å². The summed E-state index contributed by atoms with van der Waals surface area (Å²) in [6.07, 6.45) is 4.25. The number of aromatic nitrogens is 4. The first kappa shape index (κ1) is 10.6. The number of rotatable bonds is 3. The predicted octanol–water partition coefficient (Wildman–Crippen LogP) is 0.947. The molecule has 2 aromatic rings. The van der Waals surface area contributed by atoms with Crippen LogP contribution in [0.1, 0.15) is 28.7 Å². The molecule has 0 aromatic carbocycles. The van der Waals surface area contributed by atoms with E-state index < -0.39 is 0 Å². The second-order valence-corrected chi connectivity index (χ2v) is 3.72. The van der Waals surface area contributed by atoms with Crippen LogP contribution in [0.3, 0.4) is 0 Å². The van der Waals surface area contributed by atoms with Crippen molar-refractivity contribution in [1.82, 2.24) is 19.6 Å². The third-order valence-corrected chi connectivity index (χ3v) is 2.43. The molecule has 16 heavy (non-hydrogen) atoms. The molecule has 5 heteroatoms. The molecule has 0 aliphatic carbocycles. The van der Waals surface area contributed by atoms with Crippen LogP contribution in [0.2, 0.25) is 0 Å². The van der Waals surface area contributed by atoms with Gasteiger partial charge >= 0.3 is 0 Å². The van der Waals surface area contributed by atoms with Crippen LogP contribution in [0.15, 0.2) is 18.5 Å². The largest absolute Gasteiger partial charge is 0.287 e. The molecular formula is C11H14N4O. The van der Waals surface area contributed by atoms with Gasteiger partial charge in [0.25, 0.3) is 0 Å². The van der Waals surface area contributed by atoms with Crippen LogP contribution in [-0.2, 0) is 20.5 Å². The highest BCUT2D eigenvalue weighted by Gasteiger charge is 2.17. The van der Waals surface area contributed by atoms with E-state index in [1.165, 1.54) is 0 Å². The zero-order chi connectivity index (χ0) is 11.7. The minimum atomic E-state index is -0.0643. The summed E-state index contributed by atoms with van der Waals surface area (Å²) in [5.74, 6) is -0.0643.